The smallest absolute Gasteiger partial charge is 0.202 e. The normalized spacial score (nSPS) is 12.7. The molecule has 0 radical (unpaired) electrons. The van der Waals surface area contributed by atoms with Gasteiger partial charge in [0, 0.05) is 38.8 Å². The van der Waals surface area contributed by atoms with Gasteiger partial charge >= 0.3 is 0 Å². The van der Waals surface area contributed by atoms with Crippen LogP contribution in [0.15, 0.2) is 107 Å². The number of nitrogens with one attached hydrogen (secondary N) is 4. The molecule has 2 unspecified atom stereocenters. The Morgan fingerprint density at radius 1 is 0.660 bits per heavy atom. The molecule has 0 aliphatic carbocycles. The fourth-order valence-corrected chi connectivity index (χ4v) is 5.35. The molecule has 0 heterocycles. The number of benzene rings is 4. The minimum absolute atomic E-state index is 0.0586. The van der Waals surface area contributed by atoms with E-state index in [9.17, 15) is 14.0 Å². The minimum Gasteiger partial charge on any atom is -0.336 e. The maximum atomic E-state index is 14.1. The third-order valence-electron chi connectivity index (χ3n) is 7.91. The number of carbonyl (C=O) groups is 2. The first kappa shape index (κ1) is 37.6. The summed E-state index contributed by atoms with van der Waals surface area (Å²) >= 11 is 12.1. The third-order valence-corrected chi connectivity index (χ3v) is 8.41. The average Bonchev–Trinajstić information content (AvgIpc) is 3.13. The van der Waals surface area contributed by atoms with Crippen molar-refractivity contribution in [3.05, 3.63) is 118 Å². The quantitative estimate of drug-likeness (QED) is 0.0399. The lowest BCUT2D eigenvalue weighted by Crippen LogP contribution is -2.33. The van der Waals surface area contributed by atoms with Crippen molar-refractivity contribution in [2.24, 2.45) is 22.0 Å². The van der Waals surface area contributed by atoms with Crippen LogP contribution < -0.4 is 21.5 Å². The number of rotatable bonds is 16. The van der Waals surface area contributed by atoms with Crippen molar-refractivity contribution in [1.82, 2.24) is 0 Å². The highest BCUT2D eigenvalue weighted by Gasteiger charge is 2.28. The maximum Gasteiger partial charge on any atom is 0.202 e. The molecule has 0 saturated carbocycles. The van der Waals surface area contributed by atoms with Crippen LogP contribution in [0.2, 0.25) is 10.0 Å². The van der Waals surface area contributed by atoms with Gasteiger partial charge in [0.2, 0.25) is 11.6 Å². The predicted molar refractivity (Wildman–Crippen MR) is 204 cm³/mol. The highest BCUT2D eigenvalue weighted by atomic mass is 35.5. The summed E-state index contributed by atoms with van der Waals surface area (Å²) in [4.78, 5) is 28.1. The van der Waals surface area contributed by atoms with E-state index in [1.54, 1.807) is 72.8 Å². The lowest BCUT2D eigenvalue weighted by molar-refractivity contribution is -0.119. The zero-order chi connectivity index (χ0) is 35.9. The van der Waals surface area contributed by atoms with E-state index in [0.717, 1.165) is 6.42 Å². The van der Waals surface area contributed by atoms with Gasteiger partial charge in [0.25, 0.3) is 0 Å². The van der Waals surface area contributed by atoms with Crippen LogP contribution >= 0.6 is 23.2 Å². The Morgan fingerprint density at radius 3 is 1.52 bits per heavy atom. The van der Waals surface area contributed by atoms with Crippen LogP contribution in [0.3, 0.4) is 0 Å². The first-order valence-corrected chi connectivity index (χ1v) is 17.1. The molecule has 0 bridgehead atoms. The molecule has 0 amide bonds. The van der Waals surface area contributed by atoms with Gasteiger partial charge in [-0.2, -0.15) is 10.2 Å². The van der Waals surface area contributed by atoms with Gasteiger partial charge in [-0.05, 0) is 123 Å². The van der Waals surface area contributed by atoms with Crippen LogP contribution in [-0.2, 0) is 9.59 Å². The lowest BCUT2D eigenvalue weighted by Gasteiger charge is -2.21. The molecule has 0 spiro atoms. The number of terminal acetylenes is 1. The molecule has 0 saturated heterocycles. The summed E-state index contributed by atoms with van der Waals surface area (Å²) in [7, 11) is 0. The van der Waals surface area contributed by atoms with E-state index >= 15 is 0 Å². The summed E-state index contributed by atoms with van der Waals surface area (Å²) < 4.78 is 13.6. The summed E-state index contributed by atoms with van der Waals surface area (Å²) in [5.41, 5.74) is 9.00. The van der Waals surface area contributed by atoms with E-state index in [4.69, 9.17) is 29.6 Å². The monoisotopic (exact) mass is 712 g/mol. The predicted octanol–water partition coefficient (Wildman–Crippen LogP) is 9.85. The fraction of sp³-hybridized carbons (Fsp3) is 0.231. The highest BCUT2D eigenvalue weighted by molar-refractivity contribution is 6.44. The van der Waals surface area contributed by atoms with E-state index in [1.807, 2.05) is 13.8 Å². The van der Waals surface area contributed by atoms with E-state index in [2.05, 4.69) is 37.6 Å². The Morgan fingerprint density at radius 2 is 1.08 bits per heavy atom. The van der Waals surface area contributed by atoms with Gasteiger partial charge in [-0.15, -0.1) is 6.42 Å². The number of Topliss-reactive ketones (excluding diaryl/α,β-unsaturated/α-hetero) is 2. The van der Waals surface area contributed by atoms with Crippen molar-refractivity contribution < 1.29 is 14.0 Å². The van der Waals surface area contributed by atoms with Crippen molar-refractivity contribution >= 4 is 69.2 Å². The van der Waals surface area contributed by atoms with E-state index in [-0.39, 0.29) is 23.2 Å². The van der Waals surface area contributed by atoms with E-state index < -0.39 is 17.7 Å². The number of ketones is 2. The number of halogens is 3. The number of carbonyl (C=O) groups excluding carboxylic acids is 2. The van der Waals surface area contributed by atoms with Gasteiger partial charge in [0.1, 0.15) is 5.82 Å². The maximum absolute atomic E-state index is 14.1. The number of nitrogens with zero attached hydrogens (tertiary/aromatic N) is 2. The Labute approximate surface area is 302 Å². The Balaban J connectivity index is 1.55. The first-order chi connectivity index (χ1) is 24.2. The second kappa shape index (κ2) is 19.1. The SMILES string of the molecule is C#Cc1ccc(NC(=NNc2ccc(Cl)cc2)C(=O)C(CCC)CCC(CC)C(=O)C(=NNc2ccc(Cl)cc2)Nc2ccc(F)cc2)cc1. The highest BCUT2D eigenvalue weighted by Crippen LogP contribution is 2.24. The molecule has 2 atom stereocenters. The Bertz CT molecular complexity index is 1820. The van der Waals surface area contributed by atoms with Gasteiger partial charge in [-0.25, -0.2) is 4.39 Å². The largest absolute Gasteiger partial charge is 0.336 e. The van der Waals surface area contributed by atoms with Gasteiger partial charge in [0.05, 0.1) is 11.4 Å². The standard InChI is InChI=1S/C39H39Cl2FN6O2/c1-4-7-28(37(50)39(43-32-18-8-26(5-2)9-19-32)48-46-35-22-14-30(41)15-23-35)11-10-27(6-3)36(49)38(44-33-24-16-31(42)17-25-33)47-45-34-20-12-29(40)13-21-34/h2,8-9,12-25,27-28,45-46H,4,6-7,10-11H2,1,3H3,(H,43,48)(H,44,47). The molecule has 0 aromatic heterocycles. The van der Waals surface area contributed by atoms with Crippen molar-refractivity contribution in [3.63, 3.8) is 0 Å². The molecule has 4 N–H and O–H groups in total. The third kappa shape index (κ3) is 11.5. The van der Waals surface area contributed by atoms with Crippen molar-refractivity contribution in [3.8, 4) is 12.3 Å². The molecule has 0 aliphatic rings. The van der Waals surface area contributed by atoms with E-state index in [0.29, 0.717) is 64.0 Å². The first-order valence-electron chi connectivity index (χ1n) is 16.3. The summed E-state index contributed by atoms with van der Waals surface area (Å²) in [5.74, 6) is 1.04. The molecule has 4 aromatic rings. The van der Waals surface area contributed by atoms with Gasteiger partial charge < -0.3 is 10.6 Å². The van der Waals surface area contributed by atoms with E-state index in [1.165, 1.54) is 24.3 Å². The fourth-order valence-electron chi connectivity index (χ4n) is 5.10. The summed E-state index contributed by atoms with van der Waals surface area (Å²) in [6, 6.07) is 26.6. The Hall–Kier alpha value is -5.17. The van der Waals surface area contributed by atoms with Crippen LogP contribution in [0.5, 0.6) is 0 Å². The van der Waals surface area contributed by atoms with Crippen LogP contribution in [0, 0.1) is 30.0 Å². The number of hydrazone groups is 2. The molecule has 0 aliphatic heterocycles. The van der Waals surface area contributed by atoms with Crippen molar-refractivity contribution in [2.45, 2.75) is 46.0 Å². The molecule has 8 nitrogen and oxygen atoms in total. The van der Waals surface area contributed by atoms with Gasteiger partial charge in [-0.1, -0.05) is 49.4 Å². The zero-order valence-electron chi connectivity index (χ0n) is 27.9. The Kier molecular flexibility index (Phi) is 14.4. The van der Waals surface area contributed by atoms with Crippen LogP contribution in [0.1, 0.15) is 51.5 Å². The molecule has 11 heteroatoms. The van der Waals surface area contributed by atoms with Crippen LogP contribution in [0.25, 0.3) is 0 Å². The number of hydrogen-bond acceptors (Lipinski definition) is 6. The minimum atomic E-state index is -0.460. The lowest BCUT2D eigenvalue weighted by atomic mass is 9.86. The molecule has 50 heavy (non-hydrogen) atoms. The number of amidine groups is 2. The van der Waals surface area contributed by atoms with Crippen LogP contribution in [-0.4, -0.2) is 23.2 Å². The number of hydrogen-bond donors (Lipinski definition) is 4. The van der Waals surface area contributed by atoms with Gasteiger partial charge in [-0.3, -0.25) is 20.4 Å². The molecular formula is C39H39Cl2FN6O2. The number of anilines is 4. The summed E-state index contributed by atoms with van der Waals surface area (Å²) in [5, 5.41) is 16.2. The van der Waals surface area contributed by atoms with Crippen LogP contribution in [0.4, 0.5) is 27.1 Å². The van der Waals surface area contributed by atoms with Gasteiger partial charge in [0.15, 0.2) is 11.7 Å². The zero-order valence-corrected chi connectivity index (χ0v) is 29.4. The second-order valence-corrected chi connectivity index (χ2v) is 12.4. The summed E-state index contributed by atoms with van der Waals surface area (Å²) in [6.45, 7) is 3.93. The van der Waals surface area contributed by atoms with Crippen molar-refractivity contribution in [2.75, 3.05) is 21.5 Å². The average molecular weight is 714 g/mol. The molecule has 4 aromatic carbocycles. The van der Waals surface area contributed by atoms with Crippen molar-refractivity contribution in [1.29, 1.82) is 0 Å². The molecule has 0 fully saturated rings. The molecule has 4 rings (SSSR count). The molecule has 258 valence electrons. The second-order valence-electron chi connectivity index (χ2n) is 11.5. The topological polar surface area (TPSA) is 107 Å². The molecular weight excluding hydrogens is 674 g/mol. The summed E-state index contributed by atoms with van der Waals surface area (Å²) in [6.07, 6.45) is 8.23.